The molecule has 2 atom stereocenters. The molecule has 1 aliphatic rings. The third kappa shape index (κ3) is 2.97. The highest BCUT2D eigenvalue weighted by atomic mass is 15.4. The lowest BCUT2D eigenvalue weighted by atomic mass is 10.1. The van der Waals surface area contributed by atoms with Crippen molar-refractivity contribution in [3.05, 3.63) is 5.82 Å². The first kappa shape index (κ1) is 12.4. The number of anilines is 1. The highest BCUT2D eigenvalue weighted by Crippen LogP contribution is 2.19. The molecule has 1 saturated heterocycles. The Morgan fingerprint density at radius 1 is 1.53 bits per heavy atom. The largest absolute Gasteiger partial charge is 0.337 e. The number of rotatable bonds is 4. The topological polar surface area (TPSA) is 56.8 Å². The van der Waals surface area contributed by atoms with Gasteiger partial charge in [0, 0.05) is 31.6 Å². The van der Waals surface area contributed by atoms with Crippen LogP contribution >= 0.6 is 0 Å². The quantitative estimate of drug-likeness (QED) is 0.833. The van der Waals surface area contributed by atoms with Gasteiger partial charge in [-0.2, -0.15) is 4.98 Å². The molecule has 0 radical (unpaired) electrons. The van der Waals surface area contributed by atoms with Gasteiger partial charge in [-0.05, 0) is 13.3 Å². The molecule has 96 valence electrons. The molecule has 1 unspecified atom stereocenters. The Balaban J connectivity index is 2.02. The number of hydrogen-bond acceptors (Lipinski definition) is 4. The van der Waals surface area contributed by atoms with E-state index in [1.54, 1.807) is 0 Å². The minimum absolute atomic E-state index is 0.474. The molecular weight excluding hydrogens is 214 g/mol. The summed E-state index contributed by atoms with van der Waals surface area (Å²) in [5.41, 5.74) is 0. The Labute approximate surface area is 103 Å². The van der Waals surface area contributed by atoms with Gasteiger partial charge in [0.15, 0.2) is 0 Å². The molecule has 0 saturated carbocycles. The lowest BCUT2D eigenvalue weighted by Gasteiger charge is -2.30. The Kier molecular flexibility index (Phi) is 3.99. The van der Waals surface area contributed by atoms with Crippen LogP contribution in [0, 0.1) is 0 Å². The molecule has 0 spiro atoms. The van der Waals surface area contributed by atoms with E-state index in [0.29, 0.717) is 12.0 Å². The molecule has 0 aliphatic carbocycles. The minimum Gasteiger partial charge on any atom is -0.337 e. The normalized spacial score (nSPS) is 22.8. The van der Waals surface area contributed by atoms with Crippen LogP contribution in [0.15, 0.2) is 0 Å². The van der Waals surface area contributed by atoms with Crippen LogP contribution in [-0.4, -0.2) is 40.9 Å². The number of hydrogen-bond donors (Lipinski definition) is 2. The van der Waals surface area contributed by atoms with Gasteiger partial charge in [-0.15, -0.1) is 5.10 Å². The number of nitrogens with one attached hydrogen (secondary N) is 2. The Morgan fingerprint density at radius 3 is 3.06 bits per heavy atom. The van der Waals surface area contributed by atoms with Gasteiger partial charge in [0.25, 0.3) is 0 Å². The fraction of sp³-hybridized carbons (Fsp3) is 0.833. The Morgan fingerprint density at radius 2 is 2.35 bits per heavy atom. The van der Waals surface area contributed by atoms with Crippen LogP contribution in [0.1, 0.15) is 45.4 Å². The fourth-order valence-corrected chi connectivity index (χ4v) is 2.31. The molecule has 1 aromatic heterocycles. The highest BCUT2D eigenvalue weighted by molar-refractivity contribution is 5.30. The number of piperazine rings is 1. The molecule has 1 aromatic rings. The van der Waals surface area contributed by atoms with Gasteiger partial charge < -0.3 is 10.2 Å². The zero-order valence-electron chi connectivity index (χ0n) is 11.0. The van der Waals surface area contributed by atoms with Crippen LogP contribution < -0.4 is 10.2 Å². The maximum atomic E-state index is 4.62. The molecule has 17 heavy (non-hydrogen) atoms. The van der Waals surface area contributed by atoms with Gasteiger partial charge in [0.2, 0.25) is 5.95 Å². The van der Waals surface area contributed by atoms with E-state index in [1.165, 1.54) is 6.42 Å². The van der Waals surface area contributed by atoms with Crippen molar-refractivity contribution in [2.24, 2.45) is 0 Å². The van der Waals surface area contributed by atoms with Gasteiger partial charge in [-0.1, -0.05) is 20.3 Å². The zero-order valence-corrected chi connectivity index (χ0v) is 11.0. The van der Waals surface area contributed by atoms with E-state index in [2.05, 4.69) is 46.2 Å². The molecule has 2 N–H and O–H groups in total. The summed E-state index contributed by atoms with van der Waals surface area (Å²) in [4.78, 5) is 6.87. The Hall–Kier alpha value is -1.10. The van der Waals surface area contributed by atoms with E-state index < -0.39 is 0 Å². The van der Waals surface area contributed by atoms with Crippen molar-refractivity contribution in [2.75, 3.05) is 24.5 Å². The summed E-state index contributed by atoms with van der Waals surface area (Å²) in [6.07, 6.45) is 2.34. The predicted molar refractivity (Wildman–Crippen MR) is 69.4 cm³/mol. The van der Waals surface area contributed by atoms with Crippen molar-refractivity contribution in [1.82, 2.24) is 20.5 Å². The number of nitrogens with zero attached hydrogens (tertiary/aromatic N) is 3. The molecular formula is C12H23N5. The summed E-state index contributed by atoms with van der Waals surface area (Å²) >= 11 is 0. The second kappa shape index (κ2) is 5.49. The monoisotopic (exact) mass is 237 g/mol. The van der Waals surface area contributed by atoms with Crippen molar-refractivity contribution in [1.29, 1.82) is 0 Å². The summed E-state index contributed by atoms with van der Waals surface area (Å²) in [5.74, 6) is 2.35. The summed E-state index contributed by atoms with van der Waals surface area (Å²) in [7, 11) is 0. The summed E-state index contributed by atoms with van der Waals surface area (Å²) in [5, 5.41) is 10.8. The lowest BCUT2D eigenvalue weighted by Crippen LogP contribution is -2.49. The second-order valence-electron chi connectivity index (χ2n) is 5.01. The number of aromatic amines is 1. The first-order valence-electron chi connectivity index (χ1n) is 6.61. The maximum absolute atomic E-state index is 4.62. The molecule has 1 aliphatic heterocycles. The molecule has 0 aromatic carbocycles. The summed E-state index contributed by atoms with van der Waals surface area (Å²) in [6.45, 7) is 9.58. The van der Waals surface area contributed by atoms with E-state index in [9.17, 15) is 0 Å². The number of aromatic nitrogens is 3. The van der Waals surface area contributed by atoms with Crippen LogP contribution in [0.2, 0.25) is 0 Å². The zero-order chi connectivity index (χ0) is 12.3. The van der Waals surface area contributed by atoms with Crippen LogP contribution in [-0.2, 0) is 0 Å². The first-order valence-corrected chi connectivity index (χ1v) is 6.61. The van der Waals surface area contributed by atoms with E-state index in [4.69, 9.17) is 0 Å². The summed E-state index contributed by atoms with van der Waals surface area (Å²) in [6, 6.07) is 0.513. The average Bonchev–Trinajstić information content (AvgIpc) is 2.78. The Bertz CT molecular complexity index is 348. The minimum atomic E-state index is 0.474. The third-order valence-corrected chi connectivity index (χ3v) is 3.33. The lowest BCUT2D eigenvalue weighted by molar-refractivity contribution is 0.479. The van der Waals surface area contributed by atoms with Crippen LogP contribution in [0.25, 0.3) is 0 Å². The average molecular weight is 237 g/mol. The predicted octanol–water partition coefficient (Wildman–Crippen LogP) is 1.51. The van der Waals surface area contributed by atoms with Crippen LogP contribution in [0.3, 0.4) is 0 Å². The smallest absolute Gasteiger partial charge is 0.244 e. The molecule has 2 rings (SSSR count). The van der Waals surface area contributed by atoms with E-state index in [0.717, 1.165) is 37.8 Å². The van der Waals surface area contributed by atoms with Crippen molar-refractivity contribution >= 4 is 5.95 Å². The van der Waals surface area contributed by atoms with Crippen molar-refractivity contribution in [3.8, 4) is 0 Å². The molecule has 0 amide bonds. The fourth-order valence-electron chi connectivity index (χ4n) is 2.31. The van der Waals surface area contributed by atoms with E-state index >= 15 is 0 Å². The molecule has 0 bridgehead atoms. The van der Waals surface area contributed by atoms with E-state index in [1.807, 2.05) is 0 Å². The third-order valence-electron chi connectivity index (χ3n) is 3.33. The molecule has 5 heteroatoms. The highest BCUT2D eigenvalue weighted by Gasteiger charge is 2.20. The van der Waals surface area contributed by atoms with Gasteiger partial charge >= 0.3 is 0 Å². The maximum Gasteiger partial charge on any atom is 0.244 e. The van der Waals surface area contributed by atoms with Crippen LogP contribution in [0.4, 0.5) is 5.95 Å². The molecule has 5 nitrogen and oxygen atoms in total. The van der Waals surface area contributed by atoms with Gasteiger partial charge in [-0.3, -0.25) is 5.10 Å². The van der Waals surface area contributed by atoms with Gasteiger partial charge in [0.1, 0.15) is 5.82 Å². The molecule has 2 heterocycles. The van der Waals surface area contributed by atoms with Crippen molar-refractivity contribution in [3.63, 3.8) is 0 Å². The van der Waals surface area contributed by atoms with Crippen molar-refractivity contribution < 1.29 is 0 Å². The van der Waals surface area contributed by atoms with E-state index in [-0.39, 0.29) is 0 Å². The first-order chi connectivity index (χ1) is 8.20. The van der Waals surface area contributed by atoms with Crippen molar-refractivity contribution in [2.45, 2.75) is 45.6 Å². The standard InChI is InChI=1S/C12H23N5/c1-4-5-9(2)11-14-12(16-15-11)17-7-6-13-10(3)8-17/h9-10,13H,4-8H2,1-3H3,(H,14,15,16)/t9?,10-/m0/s1. The summed E-state index contributed by atoms with van der Waals surface area (Å²) < 4.78 is 0. The molecule has 1 fully saturated rings. The van der Waals surface area contributed by atoms with Gasteiger partial charge in [-0.25, -0.2) is 0 Å². The van der Waals surface area contributed by atoms with Gasteiger partial charge in [0.05, 0.1) is 0 Å². The van der Waals surface area contributed by atoms with Crippen LogP contribution in [0.5, 0.6) is 0 Å². The second-order valence-corrected chi connectivity index (χ2v) is 5.01. The number of H-pyrrole nitrogens is 1. The SMILES string of the molecule is CCCC(C)c1nc(N2CCN[C@@H](C)C2)n[nH]1.